The summed E-state index contributed by atoms with van der Waals surface area (Å²) in [6, 6.07) is 0. The highest BCUT2D eigenvalue weighted by Gasteiger charge is 2.24. The molecule has 2 atom stereocenters. The molecule has 0 saturated carbocycles. The van der Waals surface area contributed by atoms with Crippen LogP contribution >= 0.6 is 0 Å². The summed E-state index contributed by atoms with van der Waals surface area (Å²) in [5.74, 6) is 1.66. The van der Waals surface area contributed by atoms with Crippen LogP contribution < -0.4 is 0 Å². The van der Waals surface area contributed by atoms with Crippen molar-refractivity contribution in [2.75, 3.05) is 13.1 Å². The van der Waals surface area contributed by atoms with Gasteiger partial charge in [-0.15, -0.1) is 0 Å². The predicted octanol–water partition coefficient (Wildman–Crippen LogP) is 1.90. The van der Waals surface area contributed by atoms with E-state index in [0.717, 1.165) is 19.0 Å². The van der Waals surface area contributed by atoms with E-state index in [1.807, 2.05) is 4.90 Å². The Labute approximate surface area is 74.9 Å². The molecular formula is C10H19NO. The van der Waals surface area contributed by atoms with Crippen LogP contribution in [0.2, 0.25) is 0 Å². The fourth-order valence-corrected chi connectivity index (χ4v) is 2.03. The number of hydrogen-bond donors (Lipinski definition) is 0. The summed E-state index contributed by atoms with van der Waals surface area (Å²) in [4.78, 5) is 13.1. The zero-order valence-corrected chi connectivity index (χ0v) is 8.34. The summed E-state index contributed by atoms with van der Waals surface area (Å²) < 4.78 is 0. The lowest BCUT2D eigenvalue weighted by Gasteiger charge is -2.35. The van der Waals surface area contributed by atoms with Gasteiger partial charge in [0.25, 0.3) is 0 Å². The van der Waals surface area contributed by atoms with Crippen molar-refractivity contribution in [2.24, 2.45) is 11.8 Å². The normalized spacial score (nSPS) is 30.4. The molecule has 0 aliphatic carbocycles. The number of hydrogen-bond acceptors (Lipinski definition) is 1. The zero-order chi connectivity index (χ0) is 9.14. The molecule has 0 radical (unpaired) electrons. The second-order valence-electron chi connectivity index (χ2n) is 4.04. The van der Waals surface area contributed by atoms with Gasteiger partial charge in [-0.3, -0.25) is 4.79 Å². The zero-order valence-electron chi connectivity index (χ0n) is 8.34. The summed E-state index contributed by atoms with van der Waals surface area (Å²) in [7, 11) is 0. The van der Waals surface area contributed by atoms with Crippen molar-refractivity contribution in [3.63, 3.8) is 0 Å². The highest BCUT2D eigenvalue weighted by atomic mass is 16.2. The molecular weight excluding hydrogens is 150 g/mol. The molecule has 0 bridgehead atoms. The largest absolute Gasteiger partial charge is 0.342 e. The molecule has 0 N–H and O–H groups in total. The van der Waals surface area contributed by atoms with Crippen molar-refractivity contribution in [3.05, 3.63) is 0 Å². The number of carbonyl (C=O) groups is 1. The fraction of sp³-hybridized carbons (Fsp3) is 0.900. The van der Waals surface area contributed by atoms with Crippen LogP contribution in [-0.4, -0.2) is 23.9 Å². The topological polar surface area (TPSA) is 20.3 Å². The molecule has 2 unspecified atom stereocenters. The van der Waals surface area contributed by atoms with Crippen molar-refractivity contribution >= 4 is 5.91 Å². The number of amides is 1. The molecule has 1 aliphatic rings. The van der Waals surface area contributed by atoms with E-state index in [1.165, 1.54) is 12.8 Å². The van der Waals surface area contributed by atoms with Crippen molar-refractivity contribution in [1.82, 2.24) is 4.90 Å². The number of rotatable bonds is 1. The Morgan fingerprint density at radius 3 is 2.67 bits per heavy atom. The molecule has 2 heteroatoms. The Morgan fingerprint density at radius 1 is 1.50 bits per heavy atom. The Kier molecular flexibility index (Phi) is 3.12. The molecule has 1 aliphatic heterocycles. The minimum Gasteiger partial charge on any atom is -0.342 e. The van der Waals surface area contributed by atoms with E-state index in [0.29, 0.717) is 5.92 Å². The van der Waals surface area contributed by atoms with Crippen LogP contribution in [0.4, 0.5) is 0 Å². The number of likely N-dealkylation sites (tertiary alicyclic amines) is 1. The standard InChI is InChI=1S/C10H19NO/c1-4-10-5-8(2)6-11(7-10)9(3)12/h8,10H,4-7H2,1-3H3. The van der Waals surface area contributed by atoms with E-state index >= 15 is 0 Å². The Balaban J connectivity index is 2.51. The van der Waals surface area contributed by atoms with Crippen molar-refractivity contribution in [2.45, 2.75) is 33.6 Å². The van der Waals surface area contributed by atoms with E-state index in [9.17, 15) is 4.79 Å². The minimum absolute atomic E-state index is 0.236. The van der Waals surface area contributed by atoms with Crippen molar-refractivity contribution in [1.29, 1.82) is 0 Å². The van der Waals surface area contributed by atoms with Crippen LogP contribution in [0.3, 0.4) is 0 Å². The maximum absolute atomic E-state index is 11.1. The molecule has 2 nitrogen and oxygen atoms in total. The van der Waals surface area contributed by atoms with Crippen LogP contribution in [0, 0.1) is 11.8 Å². The highest BCUT2D eigenvalue weighted by molar-refractivity contribution is 5.73. The molecule has 0 aromatic rings. The molecule has 1 amide bonds. The lowest BCUT2D eigenvalue weighted by molar-refractivity contribution is -0.131. The number of nitrogens with zero attached hydrogens (tertiary/aromatic N) is 1. The van der Waals surface area contributed by atoms with Gasteiger partial charge in [-0.05, 0) is 18.3 Å². The van der Waals surface area contributed by atoms with Crippen molar-refractivity contribution < 1.29 is 4.79 Å². The van der Waals surface area contributed by atoms with Crippen LogP contribution in [0.25, 0.3) is 0 Å². The van der Waals surface area contributed by atoms with Crippen LogP contribution in [0.1, 0.15) is 33.6 Å². The SMILES string of the molecule is CCC1CC(C)CN(C(C)=O)C1. The first-order valence-electron chi connectivity index (χ1n) is 4.89. The number of carbonyl (C=O) groups excluding carboxylic acids is 1. The maximum atomic E-state index is 11.1. The summed E-state index contributed by atoms with van der Waals surface area (Å²) >= 11 is 0. The Morgan fingerprint density at radius 2 is 2.17 bits per heavy atom. The molecule has 1 rings (SSSR count). The van der Waals surface area contributed by atoms with E-state index in [-0.39, 0.29) is 5.91 Å². The van der Waals surface area contributed by atoms with Crippen LogP contribution in [-0.2, 0) is 4.79 Å². The Hall–Kier alpha value is -0.530. The summed E-state index contributed by atoms with van der Waals surface area (Å²) in [6.07, 6.45) is 2.49. The lowest BCUT2D eigenvalue weighted by atomic mass is 9.89. The fourth-order valence-electron chi connectivity index (χ4n) is 2.03. The van der Waals surface area contributed by atoms with Gasteiger partial charge in [0.1, 0.15) is 0 Å². The third kappa shape index (κ3) is 2.23. The first-order valence-corrected chi connectivity index (χ1v) is 4.89. The third-order valence-corrected chi connectivity index (χ3v) is 2.77. The molecule has 0 aromatic carbocycles. The van der Waals surface area contributed by atoms with Gasteiger partial charge < -0.3 is 4.90 Å². The Bertz CT molecular complexity index is 167. The van der Waals surface area contributed by atoms with E-state index in [4.69, 9.17) is 0 Å². The van der Waals surface area contributed by atoms with Gasteiger partial charge in [0.15, 0.2) is 0 Å². The van der Waals surface area contributed by atoms with Gasteiger partial charge in [0.2, 0.25) is 5.91 Å². The first kappa shape index (κ1) is 9.56. The average Bonchev–Trinajstić information content (AvgIpc) is 2.03. The van der Waals surface area contributed by atoms with E-state index in [1.54, 1.807) is 6.92 Å². The average molecular weight is 169 g/mol. The van der Waals surface area contributed by atoms with Gasteiger partial charge in [-0.2, -0.15) is 0 Å². The smallest absolute Gasteiger partial charge is 0.219 e. The second kappa shape index (κ2) is 3.92. The summed E-state index contributed by atoms with van der Waals surface area (Å²) in [5, 5.41) is 0. The second-order valence-corrected chi connectivity index (χ2v) is 4.04. The van der Waals surface area contributed by atoms with Gasteiger partial charge >= 0.3 is 0 Å². The molecule has 1 heterocycles. The molecule has 0 aromatic heterocycles. The maximum Gasteiger partial charge on any atom is 0.219 e. The first-order chi connectivity index (χ1) is 5.63. The highest BCUT2D eigenvalue weighted by Crippen LogP contribution is 2.23. The summed E-state index contributed by atoms with van der Waals surface area (Å²) in [6.45, 7) is 8.06. The quantitative estimate of drug-likeness (QED) is 0.587. The lowest BCUT2D eigenvalue weighted by Crippen LogP contribution is -2.42. The minimum atomic E-state index is 0.236. The molecule has 1 fully saturated rings. The van der Waals surface area contributed by atoms with Gasteiger partial charge in [-0.25, -0.2) is 0 Å². The van der Waals surface area contributed by atoms with Crippen molar-refractivity contribution in [3.8, 4) is 0 Å². The van der Waals surface area contributed by atoms with E-state index < -0.39 is 0 Å². The van der Waals surface area contributed by atoms with Crippen LogP contribution in [0.5, 0.6) is 0 Å². The van der Waals surface area contributed by atoms with Gasteiger partial charge in [0.05, 0.1) is 0 Å². The van der Waals surface area contributed by atoms with Crippen LogP contribution in [0.15, 0.2) is 0 Å². The third-order valence-electron chi connectivity index (χ3n) is 2.77. The predicted molar refractivity (Wildman–Crippen MR) is 49.8 cm³/mol. The molecule has 12 heavy (non-hydrogen) atoms. The van der Waals surface area contributed by atoms with Gasteiger partial charge in [0, 0.05) is 20.0 Å². The molecule has 1 saturated heterocycles. The monoisotopic (exact) mass is 169 g/mol. The van der Waals surface area contributed by atoms with E-state index in [2.05, 4.69) is 13.8 Å². The van der Waals surface area contributed by atoms with Gasteiger partial charge in [-0.1, -0.05) is 20.3 Å². The number of piperidine rings is 1. The molecule has 70 valence electrons. The molecule has 0 spiro atoms. The summed E-state index contributed by atoms with van der Waals surface area (Å²) in [5.41, 5.74) is 0.